The fraction of sp³-hybridized carbons (Fsp3) is 0.412. The molecule has 0 radical (unpaired) electrons. The van der Waals surface area contributed by atoms with Crippen molar-refractivity contribution >= 4 is 11.7 Å². The van der Waals surface area contributed by atoms with Gasteiger partial charge in [0.25, 0.3) is 0 Å². The Bertz CT molecular complexity index is 754. The Kier molecular flexibility index (Phi) is 4.75. The first kappa shape index (κ1) is 16.0. The number of piperazine rings is 1. The molecule has 0 aliphatic carbocycles. The van der Waals surface area contributed by atoms with E-state index in [2.05, 4.69) is 21.1 Å². The quantitative estimate of drug-likeness (QED) is 0.837. The maximum atomic E-state index is 12.4. The average Bonchev–Trinajstić information content (AvgIpc) is 3.04. The first-order valence-corrected chi connectivity index (χ1v) is 8.04. The Morgan fingerprint density at radius 2 is 2.04 bits per heavy atom. The number of anilines is 1. The molecule has 1 saturated heterocycles. The van der Waals surface area contributed by atoms with Crippen LogP contribution in [0.3, 0.4) is 0 Å². The van der Waals surface area contributed by atoms with E-state index in [4.69, 9.17) is 0 Å². The number of aromatic nitrogens is 3. The van der Waals surface area contributed by atoms with Crippen molar-refractivity contribution in [2.45, 2.75) is 12.8 Å². The lowest BCUT2D eigenvalue weighted by atomic mass is 10.2. The summed E-state index contributed by atoms with van der Waals surface area (Å²) in [7, 11) is 1.89. The summed E-state index contributed by atoms with van der Waals surface area (Å²) in [6.45, 7) is 2.71. The van der Waals surface area contributed by atoms with E-state index < -0.39 is 0 Å². The summed E-state index contributed by atoms with van der Waals surface area (Å²) < 4.78 is 1.80. The van der Waals surface area contributed by atoms with Crippen LogP contribution in [0.4, 0.5) is 5.82 Å². The maximum Gasteiger partial charge on any atom is 0.223 e. The predicted octanol–water partition coefficient (Wildman–Crippen LogP) is 0.968. The molecule has 7 heteroatoms. The zero-order valence-corrected chi connectivity index (χ0v) is 13.7. The molecular formula is C17H20N6O. The van der Waals surface area contributed by atoms with Gasteiger partial charge < -0.3 is 9.80 Å². The Balaban J connectivity index is 1.54. The number of rotatable bonds is 4. The van der Waals surface area contributed by atoms with Gasteiger partial charge in [0.2, 0.25) is 5.91 Å². The molecule has 3 heterocycles. The zero-order chi connectivity index (χ0) is 16.9. The van der Waals surface area contributed by atoms with Gasteiger partial charge in [-0.05, 0) is 24.6 Å². The molecule has 3 rings (SSSR count). The second kappa shape index (κ2) is 7.13. The highest BCUT2D eigenvalue weighted by atomic mass is 16.2. The van der Waals surface area contributed by atoms with Crippen molar-refractivity contribution in [1.82, 2.24) is 19.7 Å². The molecule has 0 saturated carbocycles. The number of nitrogens with zero attached hydrogens (tertiary/aromatic N) is 6. The first-order valence-electron chi connectivity index (χ1n) is 8.04. The van der Waals surface area contributed by atoms with E-state index in [9.17, 15) is 10.1 Å². The van der Waals surface area contributed by atoms with Crippen LogP contribution in [0.2, 0.25) is 0 Å². The van der Waals surface area contributed by atoms with Gasteiger partial charge >= 0.3 is 0 Å². The molecular weight excluding hydrogens is 304 g/mol. The molecule has 0 spiro atoms. The topological polar surface area (TPSA) is 78.1 Å². The monoisotopic (exact) mass is 324 g/mol. The maximum absolute atomic E-state index is 12.4. The number of amides is 1. The number of hydrogen-bond donors (Lipinski definition) is 0. The van der Waals surface area contributed by atoms with Crippen molar-refractivity contribution in [3.63, 3.8) is 0 Å². The van der Waals surface area contributed by atoms with Crippen LogP contribution in [-0.2, 0) is 18.3 Å². The first-order chi connectivity index (χ1) is 11.7. The molecule has 1 aliphatic rings. The number of carbonyl (C=O) groups is 1. The lowest BCUT2D eigenvalue weighted by Crippen LogP contribution is -2.49. The molecule has 0 aromatic carbocycles. The summed E-state index contributed by atoms with van der Waals surface area (Å²) in [5.74, 6) is 0.874. The van der Waals surface area contributed by atoms with Crippen LogP contribution >= 0.6 is 0 Å². The number of hydrogen-bond acceptors (Lipinski definition) is 5. The molecule has 0 unspecified atom stereocenters. The molecule has 2 aromatic rings. The average molecular weight is 324 g/mol. The molecule has 124 valence electrons. The van der Waals surface area contributed by atoms with E-state index in [1.54, 1.807) is 29.2 Å². The Morgan fingerprint density at radius 3 is 2.71 bits per heavy atom. The number of aryl methyl sites for hydroxylation is 2. The van der Waals surface area contributed by atoms with Gasteiger partial charge in [-0.3, -0.25) is 9.48 Å². The van der Waals surface area contributed by atoms with Gasteiger partial charge in [-0.25, -0.2) is 4.98 Å². The SMILES string of the molecule is Cn1nccc1CCC(=O)N1CCN(c2ncccc2C#N)CC1. The minimum Gasteiger partial charge on any atom is -0.352 e. The Morgan fingerprint density at radius 1 is 1.25 bits per heavy atom. The van der Waals surface area contributed by atoms with Crippen molar-refractivity contribution in [3.05, 3.63) is 41.9 Å². The molecule has 1 amide bonds. The van der Waals surface area contributed by atoms with E-state index in [1.165, 1.54) is 0 Å². The third-order valence-electron chi connectivity index (χ3n) is 4.36. The van der Waals surface area contributed by atoms with Crippen molar-refractivity contribution in [1.29, 1.82) is 5.26 Å². The Hall–Kier alpha value is -2.88. The third-order valence-corrected chi connectivity index (χ3v) is 4.36. The highest BCUT2D eigenvalue weighted by Gasteiger charge is 2.23. The van der Waals surface area contributed by atoms with Gasteiger partial charge in [0.15, 0.2) is 0 Å². The van der Waals surface area contributed by atoms with E-state index in [0.29, 0.717) is 50.4 Å². The number of carbonyl (C=O) groups excluding carboxylic acids is 1. The van der Waals surface area contributed by atoms with Crippen LogP contribution in [0.1, 0.15) is 17.7 Å². The molecule has 24 heavy (non-hydrogen) atoms. The fourth-order valence-corrected chi connectivity index (χ4v) is 2.94. The van der Waals surface area contributed by atoms with Gasteiger partial charge in [0.05, 0.1) is 5.56 Å². The minimum absolute atomic E-state index is 0.164. The highest BCUT2D eigenvalue weighted by Crippen LogP contribution is 2.18. The van der Waals surface area contributed by atoms with Crippen molar-refractivity contribution < 1.29 is 4.79 Å². The lowest BCUT2D eigenvalue weighted by Gasteiger charge is -2.35. The summed E-state index contributed by atoms with van der Waals surface area (Å²) in [6.07, 6.45) is 4.64. The fourth-order valence-electron chi connectivity index (χ4n) is 2.94. The normalized spacial score (nSPS) is 14.5. The lowest BCUT2D eigenvalue weighted by molar-refractivity contribution is -0.131. The Labute approximate surface area is 141 Å². The molecule has 0 N–H and O–H groups in total. The molecule has 0 atom stereocenters. The highest BCUT2D eigenvalue weighted by molar-refractivity contribution is 5.76. The molecule has 1 aliphatic heterocycles. The summed E-state index contributed by atoms with van der Waals surface area (Å²) in [5.41, 5.74) is 1.64. The summed E-state index contributed by atoms with van der Waals surface area (Å²) in [4.78, 5) is 20.7. The van der Waals surface area contributed by atoms with Crippen LogP contribution < -0.4 is 4.90 Å². The van der Waals surface area contributed by atoms with Crippen LogP contribution in [0.15, 0.2) is 30.6 Å². The van der Waals surface area contributed by atoms with E-state index in [-0.39, 0.29) is 5.91 Å². The smallest absolute Gasteiger partial charge is 0.223 e. The van der Waals surface area contributed by atoms with E-state index >= 15 is 0 Å². The van der Waals surface area contributed by atoms with Gasteiger partial charge in [0, 0.05) is 57.7 Å². The summed E-state index contributed by atoms with van der Waals surface area (Å²) >= 11 is 0. The second-order valence-corrected chi connectivity index (χ2v) is 5.80. The molecule has 2 aromatic heterocycles. The summed E-state index contributed by atoms with van der Waals surface area (Å²) in [5, 5.41) is 13.3. The van der Waals surface area contributed by atoms with Gasteiger partial charge in [-0.1, -0.05) is 0 Å². The van der Waals surface area contributed by atoms with Crippen LogP contribution in [0, 0.1) is 11.3 Å². The predicted molar refractivity (Wildman–Crippen MR) is 89.3 cm³/mol. The second-order valence-electron chi connectivity index (χ2n) is 5.80. The van der Waals surface area contributed by atoms with E-state index in [0.717, 1.165) is 5.69 Å². The largest absolute Gasteiger partial charge is 0.352 e. The van der Waals surface area contributed by atoms with Crippen LogP contribution in [0.25, 0.3) is 0 Å². The van der Waals surface area contributed by atoms with Crippen molar-refractivity contribution in [2.75, 3.05) is 31.1 Å². The number of nitriles is 1. The number of pyridine rings is 1. The standard InChI is InChI=1S/C17H20N6O/c1-21-15(6-8-20-21)4-5-16(24)22-9-11-23(12-10-22)17-14(13-18)3-2-7-19-17/h2-3,6-8H,4-5,9-12H2,1H3. The van der Waals surface area contributed by atoms with Crippen molar-refractivity contribution in [2.24, 2.45) is 7.05 Å². The van der Waals surface area contributed by atoms with E-state index in [1.807, 2.05) is 18.0 Å². The molecule has 0 bridgehead atoms. The van der Waals surface area contributed by atoms with Crippen molar-refractivity contribution in [3.8, 4) is 6.07 Å². The minimum atomic E-state index is 0.164. The van der Waals surface area contributed by atoms with Gasteiger partial charge in [-0.15, -0.1) is 0 Å². The van der Waals surface area contributed by atoms with Crippen LogP contribution in [0.5, 0.6) is 0 Å². The molecule has 1 fully saturated rings. The van der Waals surface area contributed by atoms with Gasteiger partial charge in [-0.2, -0.15) is 10.4 Å². The van der Waals surface area contributed by atoms with Gasteiger partial charge in [0.1, 0.15) is 11.9 Å². The summed E-state index contributed by atoms with van der Waals surface area (Å²) in [6, 6.07) is 7.65. The molecule has 7 nitrogen and oxygen atoms in total. The third kappa shape index (κ3) is 3.38. The van der Waals surface area contributed by atoms with Crippen LogP contribution in [-0.4, -0.2) is 51.8 Å². The zero-order valence-electron chi connectivity index (χ0n) is 13.7.